The summed E-state index contributed by atoms with van der Waals surface area (Å²) in [6.07, 6.45) is 0. The molecule has 0 heterocycles. The molecule has 3 heteroatoms. The Bertz CT molecular complexity index is 186. The van der Waals surface area contributed by atoms with Crippen LogP contribution in [0.25, 0.3) is 0 Å². The number of hydrogen-bond donors (Lipinski definition) is 1. The maximum Gasteiger partial charge on any atom is 0.323 e. The first-order chi connectivity index (χ1) is 5.54. The van der Waals surface area contributed by atoms with E-state index in [1.165, 1.54) is 0 Å². The molecule has 0 fully saturated rings. The van der Waals surface area contributed by atoms with Crippen LogP contribution in [0.2, 0.25) is 0 Å². The number of carbonyl (C=O) groups excluding carboxylic acids is 1. The normalized spacial score (nSPS) is 15.3. The van der Waals surface area contributed by atoms with Crippen molar-refractivity contribution in [1.82, 2.24) is 0 Å². The number of rotatable bonds is 1. The molecule has 0 aliphatic carbocycles. The van der Waals surface area contributed by atoms with Crippen LogP contribution in [0.1, 0.15) is 41.5 Å². The minimum absolute atomic E-state index is 0.248. The van der Waals surface area contributed by atoms with E-state index >= 15 is 0 Å². The van der Waals surface area contributed by atoms with E-state index in [0.29, 0.717) is 0 Å². The molecule has 0 amide bonds. The maximum atomic E-state index is 11.5. The van der Waals surface area contributed by atoms with E-state index in [-0.39, 0.29) is 11.4 Å². The predicted molar refractivity (Wildman–Crippen MR) is 53.3 cm³/mol. The fraction of sp³-hybridized carbons (Fsp3) is 0.900. The summed E-state index contributed by atoms with van der Waals surface area (Å²) in [5, 5.41) is 0. The van der Waals surface area contributed by atoms with Crippen molar-refractivity contribution in [3.05, 3.63) is 0 Å². The monoisotopic (exact) mass is 187 g/mol. The minimum Gasteiger partial charge on any atom is -0.459 e. The molecule has 0 radical (unpaired) electrons. The van der Waals surface area contributed by atoms with Gasteiger partial charge in [0.15, 0.2) is 0 Å². The number of esters is 1. The van der Waals surface area contributed by atoms with Crippen LogP contribution >= 0.6 is 0 Å². The van der Waals surface area contributed by atoms with Crippen molar-refractivity contribution in [3.8, 4) is 0 Å². The van der Waals surface area contributed by atoms with Crippen molar-refractivity contribution in [2.24, 2.45) is 11.1 Å². The Morgan fingerprint density at radius 1 is 1.15 bits per heavy atom. The molecule has 0 rings (SSSR count). The largest absolute Gasteiger partial charge is 0.459 e. The van der Waals surface area contributed by atoms with E-state index in [1.807, 2.05) is 41.5 Å². The fourth-order valence-electron chi connectivity index (χ4n) is 0.719. The Morgan fingerprint density at radius 3 is 1.77 bits per heavy atom. The smallest absolute Gasteiger partial charge is 0.323 e. The van der Waals surface area contributed by atoms with Gasteiger partial charge in [0.2, 0.25) is 0 Å². The molecular weight excluding hydrogens is 166 g/mol. The predicted octanol–water partition coefficient (Wildman–Crippen LogP) is 1.70. The van der Waals surface area contributed by atoms with Crippen molar-refractivity contribution >= 4 is 5.97 Å². The van der Waals surface area contributed by atoms with Crippen LogP contribution in [-0.2, 0) is 9.53 Å². The first kappa shape index (κ1) is 12.4. The molecule has 3 nitrogen and oxygen atoms in total. The van der Waals surface area contributed by atoms with Gasteiger partial charge in [-0.15, -0.1) is 0 Å². The maximum absolute atomic E-state index is 11.5. The van der Waals surface area contributed by atoms with Crippen molar-refractivity contribution in [2.45, 2.75) is 53.2 Å². The lowest BCUT2D eigenvalue weighted by Crippen LogP contribution is -2.45. The van der Waals surface area contributed by atoms with Crippen molar-refractivity contribution in [1.29, 1.82) is 0 Å². The van der Waals surface area contributed by atoms with Crippen molar-refractivity contribution in [3.63, 3.8) is 0 Å². The molecule has 13 heavy (non-hydrogen) atoms. The summed E-state index contributed by atoms with van der Waals surface area (Å²) in [5.74, 6) is -0.333. The van der Waals surface area contributed by atoms with Gasteiger partial charge in [0.25, 0.3) is 0 Å². The summed E-state index contributed by atoms with van der Waals surface area (Å²) >= 11 is 0. The van der Waals surface area contributed by atoms with Crippen molar-refractivity contribution < 1.29 is 9.53 Å². The zero-order valence-corrected chi connectivity index (χ0v) is 9.47. The van der Waals surface area contributed by atoms with Crippen LogP contribution in [0.3, 0.4) is 0 Å². The molecule has 1 unspecified atom stereocenters. The quantitative estimate of drug-likeness (QED) is 0.636. The molecule has 0 aromatic carbocycles. The number of nitrogens with two attached hydrogens (primary N) is 1. The number of hydrogen-bond acceptors (Lipinski definition) is 3. The molecule has 2 N–H and O–H groups in total. The molecule has 0 aliphatic heterocycles. The van der Waals surface area contributed by atoms with Gasteiger partial charge < -0.3 is 10.5 Å². The van der Waals surface area contributed by atoms with Crippen LogP contribution in [0.15, 0.2) is 0 Å². The molecule has 0 aromatic heterocycles. The zero-order chi connectivity index (χ0) is 10.9. The molecular formula is C10H21NO2. The highest BCUT2D eigenvalue weighted by atomic mass is 16.6. The summed E-state index contributed by atoms with van der Waals surface area (Å²) in [6, 6.07) is -0.563. The number of ether oxygens (including phenoxy) is 1. The molecule has 0 bridgehead atoms. The van der Waals surface area contributed by atoms with Gasteiger partial charge in [-0.05, 0) is 26.2 Å². The van der Waals surface area contributed by atoms with Gasteiger partial charge in [0, 0.05) is 0 Å². The molecule has 1 atom stereocenters. The summed E-state index contributed by atoms with van der Waals surface area (Å²) in [4.78, 5) is 11.5. The fourth-order valence-corrected chi connectivity index (χ4v) is 0.719. The summed E-state index contributed by atoms with van der Waals surface area (Å²) in [7, 11) is 0. The van der Waals surface area contributed by atoms with Gasteiger partial charge in [0.1, 0.15) is 11.6 Å². The number of carbonyl (C=O) groups is 1. The average Bonchev–Trinajstić information content (AvgIpc) is 1.79. The van der Waals surface area contributed by atoms with E-state index in [2.05, 4.69) is 0 Å². The first-order valence-electron chi connectivity index (χ1n) is 4.52. The average molecular weight is 187 g/mol. The second-order valence-electron chi connectivity index (χ2n) is 5.38. The van der Waals surface area contributed by atoms with Crippen molar-refractivity contribution in [2.75, 3.05) is 0 Å². The summed E-state index contributed by atoms with van der Waals surface area (Å²) in [5.41, 5.74) is 5.02. The summed E-state index contributed by atoms with van der Waals surface area (Å²) < 4.78 is 5.16. The van der Waals surface area contributed by atoms with Crippen LogP contribution in [0.4, 0.5) is 0 Å². The van der Waals surface area contributed by atoms with Crippen LogP contribution in [0, 0.1) is 5.41 Å². The Kier molecular flexibility index (Phi) is 3.50. The standard InChI is InChI=1S/C10H21NO2/c1-9(2,3)7(11)8(12)13-10(4,5)6/h7H,11H2,1-6H3. The molecule has 0 saturated heterocycles. The van der Waals surface area contributed by atoms with E-state index in [0.717, 1.165) is 0 Å². The molecule has 0 saturated carbocycles. The third-order valence-electron chi connectivity index (χ3n) is 1.59. The molecule has 0 aromatic rings. The second-order valence-corrected chi connectivity index (χ2v) is 5.38. The molecule has 78 valence electrons. The lowest BCUT2D eigenvalue weighted by Gasteiger charge is -2.28. The van der Waals surface area contributed by atoms with Gasteiger partial charge in [-0.3, -0.25) is 4.79 Å². The van der Waals surface area contributed by atoms with Gasteiger partial charge in [-0.1, -0.05) is 20.8 Å². The molecule has 0 spiro atoms. The Hall–Kier alpha value is -0.570. The van der Waals surface area contributed by atoms with E-state index in [9.17, 15) is 4.79 Å². The van der Waals surface area contributed by atoms with E-state index in [1.54, 1.807) is 0 Å². The Balaban J connectivity index is 4.30. The highest BCUT2D eigenvalue weighted by molar-refractivity contribution is 5.76. The lowest BCUT2D eigenvalue weighted by atomic mass is 9.87. The highest BCUT2D eigenvalue weighted by Gasteiger charge is 2.31. The highest BCUT2D eigenvalue weighted by Crippen LogP contribution is 2.20. The van der Waals surface area contributed by atoms with Gasteiger partial charge in [-0.25, -0.2) is 0 Å². The Labute approximate surface area is 80.6 Å². The minimum atomic E-state index is -0.563. The van der Waals surface area contributed by atoms with Crippen LogP contribution in [0.5, 0.6) is 0 Å². The van der Waals surface area contributed by atoms with Gasteiger partial charge >= 0.3 is 5.97 Å². The van der Waals surface area contributed by atoms with Crippen LogP contribution in [-0.4, -0.2) is 17.6 Å². The topological polar surface area (TPSA) is 52.3 Å². The van der Waals surface area contributed by atoms with E-state index < -0.39 is 11.6 Å². The van der Waals surface area contributed by atoms with Crippen LogP contribution < -0.4 is 5.73 Å². The SMILES string of the molecule is CC(C)(C)OC(=O)C(N)C(C)(C)C. The van der Waals surface area contributed by atoms with Gasteiger partial charge in [-0.2, -0.15) is 0 Å². The third-order valence-corrected chi connectivity index (χ3v) is 1.59. The summed E-state index contributed by atoms with van der Waals surface area (Å²) in [6.45, 7) is 11.3. The molecule has 0 aliphatic rings. The van der Waals surface area contributed by atoms with E-state index in [4.69, 9.17) is 10.5 Å². The lowest BCUT2D eigenvalue weighted by molar-refractivity contribution is -0.159. The second kappa shape index (κ2) is 3.66. The zero-order valence-electron chi connectivity index (χ0n) is 9.47. The van der Waals surface area contributed by atoms with Gasteiger partial charge in [0.05, 0.1) is 0 Å². The first-order valence-corrected chi connectivity index (χ1v) is 4.52. The third kappa shape index (κ3) is 4.88. The Morgan fingerprint density at radius 2 is 1.54 bits per heavy atom.